The Morgan fingerprint density at radius 3 is 2.48 bits per heavy atom. The van der Waals surface area contributed by atoms with Crippen LogP contribution in [0.3, 0.4) is 0 Å². The van der Waals surface area contributed by atoms with Gasteiger partial charge in [0.2, 0.25) is 15.9 Å². The van der Waals surface area contributed by atoms with Crippen LogP contribution in [0, 0.1) is 17.1 Å². The summed E-state index contributed by atoms with van der Waals surface area (Å²) in [5.74, 6) is -1.44. The van der Waals surface area contributed by atoms with Crippen molar-refractivity contribution in [1.82, 2.24) is 10.0 Å². The molecule has 1 atom stereocenters. The molecule has 1 aromatic rings. The Balaban J connectivity index is 3.06. The lowest BCUT2D eigenvalue weighted by atomic mass is 10.2. The topological polar surface area (TPSA) is 99.1 Å². The summed E-state index contributed by atoms with van der Waals surface area (Å²) >= 11 is 0. The molecule has 0 aliphatic rings. The van der Waals surface area contributed by atoms with Gasteiger partial charge in [-0.25, -0.2) is 12.8 Å². The highest BCUT2D eigenvalue weighted by Crippen LogP contribution is 2.18. The number of hydrogen-bond donors (Lipinski definition) is 2. The Morgan fingerprint density at radius 2 is 1.95 bits per heavy atom. The van der Waals surface area contributed by atoms with Gasteiger partial charge in [-0.1, -0.05) is 6.07 Å². The molecular weight excluding hydrogens is 297 g/mol. The molecular formula is C13H16FN3O3S. The molecule has 0 aliphatic heterocycles. The lowest BCUT2D eigenvalue weighted by molar-refractivity contribution is -0.122. The van der Waals surface area contributed by atoms with E-state index in [2.05, 4.69) is 10.0 Å². The largest absolute Gasteiger partial charge is 0.353 e. The molecule has 0 bridgehead atoms. The smallest absolute Gasteiger partial charge is 0.242 e. The summed E-state index contributed by atoms with van der Waals surface area (Å²) < 4.78 is 39.9. The SMILES string of the molecule is CC(C)NC(=O)C(C)NS(=O)(=O)c1cccc(F)c1C#N. The van der Waals surface area contributed by atoms with Crippen molar-refractivity contribution in [3.63, 3.8) is 0 Å². The van der Waals surface area contributed by atoms with Crippen LogP contribution < -0.4 is 10.0 Å². The average Bonchev–Trinajstić information content (AvgIpc) is 2.37. The number of amides is 1. The molecule has 21 heavy (non-hydrogen) atoms. The lowest BCUT2D eigenvalue weighted by Gasteiger charge is -2.16. The number of sulfonamides is 1. The molecule has 8 heteroatoms. The Labute approximate surface area is 123 Å². The highest BCUT2D eigenvalue weighted by atomic mass is 32.2. The van der Waals surface area contributed by atoms with Gasteiger partial charge in [0, 0.05) is 6.04 Å². The molecule has 6 nitrogen and oxygen atoms in total. The number of carbonyl (C=O) groups excluding carboxylic acids is 1. The molecule has 0 aromatic heterocycles. The molecule has 2 N–H and O–H groups in total. The van der Waals surface area contributed by atoms with Crippen molar-refractivity contribution in [3.8, 4) is 6.07 Å². The number of hydrogen-bond acceptors (Lipinski definition) is 4. The predicted octanol–water partition coefficient (Wildman–Crippen LogP) is 0.889. The number of nitrogens with zero attached hydrogens (tertiary/aromatic N) is 1. The van der Waals surface area contributed by atoms with E-state index < -0.39 is 38.2 Å². The van der Waals surface area contributed by atoms with Crippen molar-refractivity contribution in [2.45, 2.75) is 37.8 Å². The van der Waals surface area contributed by atoms with E-state index in [-0.39, 0.29) is 6.04 Å². The first-order chi connectivity index (χ1) is 9.69. The van der Waals surface area contributed by atoms with Crippen LogP contribution in [0.5, 0.6) is 0 Å². The standard InChI is InChI=1S/C13H16FN3O3S/c1-8(2)16-13(18)9(3)17-21(19,20)12-6-4-5-11(14)10(12)7-15/h4-6,8-9,17H,1-3H3,(H,16,18). The molecule has 114 valence electrons. The van der Waals surface area contributed by atoms with Crippen molar-refractivity contribution in [1.29, 1.82) is 5.26 Å². The molecule has 1 unspecified atom stereocenters. The minimum Gasteiger partial charge on any atom is -0.353 e. The molecule has 0 saturated carbocycles. The molecule has 0 heterocycles. The zero-order valence-corrected chi connectivity index (χ0v) is 12.7. The van der Waals surface area contributed by atoms with Crippen LogP contribution in [0.2, 0.25) is 0 Å². The maximum Gasteiger partial charge on any atom is 0.242 e. The summed E-state index contributed by atoms with van der Waals surface area (Å²) in [6, 6.07) is 3.60. The number of nitriles is 1. The number of carbonyl (C=O) groups is 1. The number of benzene rings is 1. The normalized spacial score (nSPS) is 12.8. The summed E-state index contributed by atoms with van der Waals surface area (Å²) in [6.45, 7) is 4.83. The third-order valence-electron chi connectivity index (χ3n) is 2.53. The Hall–Kier alpha value is -1.98. The molecule has 0 saturated heterocycles. The van der Waals surface area contributed by atoms with E-state index in [1.807, 2.05) is 0 Å². The Bertz CT molecular complexity index is 680. The highest BCUT2D eigenvalue weighted by molar-refractivity contribution is 7.89. The van der Waals surface area contributed by atoms with E-state index >= 15 is 0 Å². The first-order valence-corrected chi connectivity index (χ1v) is 7.68. The van der Waals surface area contributed by atoms with Crippen LogP contribution in [0.1, 0.15) is 26.3 Å². The van der Waals surface area contributed by atoms with Crippen LogP contribution in [-0.2, 0) is 14.8 Å². The summed E-state index contributed by atoms with van der Waals surface area (Å²) in [6.07, 6.45) is 0. The minimum absolute atomic E-state index is 0.145. The van der Waals surface area contributed by atoms with Gasteiger partial charge in [-0.05, 0) is 32.9 Å². The van der Waals surface area contributed by atoms with Crippen LogP contribution in [-0.4, -0.2) is 26.4 Å². The van der Waals surface area contributed by atoms with Crippen molar-refractivity contribution >= 4 is 15.9 Å². The number of nitrogens with one attached hydrogen (secondary N) is 2. The second-order valence-corrected chi connectivity index (χ2v) is 6.41. The molecule has 0 fully saturated rings. The van der Waals surface area contributed by atoms with Gasteiger partial charge in [0.1, 0.15) is 22.3 Å². The molecule has 0 radical (unpaired) electrons. The predicted molar refractivity (Wildman–Crippen MR) is 74.2 cm³/mol. The van der Waals surface area contributed by atoms with E-state index in [0.717, 1.165) is 12.1 Å². The van der Waals surface area contributed by atoms with Crippen molar-refractivity contribution in [2.75, 3.05) is 0 Å². The third kappa shape index (κ3) is 4.24. The average molecular weight is 313 g/mol. The van der Waals surface area contributed by atoms with Gasteiger partial charge >= 0.3 is 0 Å². The van der Waals surface area contributed by atoms with E-state index in [1.54, 1.807) is 13.8 Å². The van der Waals surface area contributed by atoms with Crippen molar-refractivity contribution in [3.05, 3.63) is 29.6 Å². The fourth-order valence-corrected chi connectivity index (χ4v) is 2.97. The fourth-order valence-electron chi connectivity index (χ4n) is 1.60. The lowest BCUT2D eigenvalue weighted by Crippen LogP contribution is -2.46. The highest BCUT2D eigenvalue weighted by Gasteiger charge is 2.25. The Morgan fingerprint density at radius 1 is 1.33 bits per heavy atom. The van der Waals surface area contributed by atoms with Crippen molar-refractivity contribution in [2.24, 2.45) is 0 Å². The number of rotatable bonds is 5. The molecule has 1 aromatic carbocycles. The first kappa shape index (κ1) is 17.1. The van der Waals surface area contributed by atoms with Crippen LogP contribution in [0.15, 0.2) is 23.1 Å². The summed E-state index contributed by atoms with van der Waals surface area (Å²) in [7, 11) is -4.18. The van der Waals surface area contributed by atoms with Crippen LogP contribution in [0.25, 0.3) is 0 Å². The fraction of sp³-hybridized carbons (Fsp3) is 0.385. The molecule has 0 spiro atoms. The van der Waals surface area contributed by atoms with Gasteiger partial charge in [-0.15, -0.1) is 0 Å². The van der Waals surface area contributed by atoms with Gasteiger partial charge in [-0.3, -0.25) is 4.79 Å². The van der Waals surface area contributed by atoms with E-state index in [0.29, 0.717) is 0 Å². The molecule has 1 amide bonds. The van der Waals surface area contributed by atoms with E-state index in [4.69, 9.17) is 5.26 Å². The van der Waals surface area contributed by atoms with Gasteiger partial charge in [0.05, 0.1) is 6.04 Å². The van der Waals surface area contributed by atoms with E-state index in [9.17, 15) is 17.6 Å². The molecule has 1 rings (SSSR count). The van der Waals surface area contributed by atoms with Gasteiger partial charge in [0.25, 0.3) is 0 Å². The quantitative estimate of drug-likeness (QED) is 0.843. The summed E-state index contributed by atoms with van der Waals surface area (Å²) in [5, 5.41) is 11.4. The van der Waals surface area contributed by atoms with Gasteiger partial charge < -0.3 is 5.32 Å². The van der Waals surface area contributed by atoms with Crippen LogP contribution >= 0.6 is 0 Å². The monoisotopic (exact) mass is 313 g/mol. The van der Waals surface area contributed by atoms with E-state index in [1.165, 1.54) is 19.1 Å². The van der Waals surface area contributed by atoms with Gasteiger partial charge in [-0.2, -0.15) is 9.98 Å². The zero-order valence-electron chi connectivity index (χ0n) is 11.8. The first-order valence-electron chi connectivity index (χ1n) is 6.20. The maximum absolute atomic E-state index is 13.5. The summed E-state index contributed by atoms with van der Waals surface area (Å²) in [5.41, 5.74) is -0.582. The van der Waals surface area contributed by atoms with Crippen LogP contribution in [0.4, 0.5) is 4.39 Å². The Kier molecular flexibility index (Phi) is 5.41. The number of halogens is 1. The maximum atomic E-state index is 13.5. The van der Waals surface area contributed by atoms with Crippen molar-refractivity contribution < 1.29 is 17.6 Å². The van der Waals surface area contributed by atoms with Gasteiger partial charge in [0.15, 0.2) is 0 Å². The molecule has 0 aliphatic carbocycles. The second kappa shape index (κ2) is 6.65. The summed E-state index contributed by atoms with van der Waals surface area (Å²) in [4.78, 5) is 11.2. The second-order valence-electron chi connectivity index (χ2n) is 4.73. The minimum atomic E-state index is -4.18. The third-order valence-corrected chi connectivity index (χ3v) is 4.12. The zero-order chi connectivity index (χ0) is 16.2.